The number of nitrogens with one attached hydrogen (secondary N) is 2. The third-order valence-electron chi connectivity index (χ3n) is 5.06. The summed E-state index contributed by atoms with van der Waals surface area (Å²) in [5.74, 6) is 1.36. The van der Waals surface area contributed by atoms with E-state index in [4.69, 9.17) is 0 Å². The van der Waals surface area contributed by atoms with Gasteiger partial charge in [0.05, 0.1) is 6.04 Å². The van der Waals surface area contributed by atoms with E-state index >= 15 is 0 Å². The molecule has 0 spiro atoms. The molecule has 0 saturated heterocycles. The first-order chi connectivity index (χ1) is 14.6. The van der Waals surface area contributed by atoms with Crippen LogP contribution in [0.3, 0.4) is 0 Å². The molecule has 1 aromatic carbocycles. The summed E-state index contributed by atoms with van der Waals surface area (Å²) in [6.45, 7) is 2.01. The fourth-order valence-electron chi connectivity index (χ4n) is 3.15. The molecule has 4 aromatic rings. The van der Waals surface area contributed by atoms with Crippen LogP contribution >= 0.6 is 0 Å². The van der Waals surface area contributed by atoms with Crippen molar-refractivity contribution in [3.05, 3.63) is 90.4 Å². The van der Waals surface area contributed by atoms with E-state index in [-0.39, 0.29) is 11.9 Å². The number of carbonyl (C=O) groups excluding carboxylic acids is 1. The number of aromatic amines is 1. The van der Waals surface area contributed by atoms with Crippen LogP contribution in [0.25, 0.3) is 17.0 Å². The number of likely N-dealkylation sites (N-methyl/N-ethyl adjacent to an activating group) is 1. The molecule has 0 aliphatic rings. The van der Waals surface area contributed by atoms with Crippen LogP contribution in [0.2, 0.25) is 0 Å². The molecular formula is C24H23N5O. The Bertz CT molecular complexity index is 1130. The van der Waals surface area contributed by atoms with Gasteiger partial charge in [0.2, 0.25) is 5.91 Å². The number of hydrogen-bond donors (Lipinski definition) is 2. The lowest BCUT2D eigenvalue weighted by Crippen LogP contribution is -2.28. The number of benzene rings is 1. The number of hydrogen-bond acceptors (Lipinski definition) is 4. The Hall–Kier alpha value is -3.93. The molecule has 1 unspecified atom stereocenters. The maximum Gasteiger partial charge on any atom is 0.246 e. The number of carbonyl (C=O) groups is 1. The highest BCUT2D eigenvalue weighted by molar-refractivity contribution is 5.92. The van der Waals surface area contributed by atoms with E-state index in [9.17, 15) is 4.79 Å². The summed E-state index contributed by atoms with van der Waals surface area (Å²) in [6, 6.07) is 19.5. The molecule has 6 heteroatoms. The summed E-state index contributed by atoms with van der Waals surface area (Å²) >= 11 is 0. The first kappa shape index (κ1) is 19.4. The smallest absolute Gasteiger partial charge is 0.246 e. The summed E-state index contributed by atoms with van der Waals surface area (Å²) in [6.07, 6.45) is 6.78. The van der Waals surface area contributed by atoms with Gasteiger partial charge in [-0.05, 0) is 60.3 Å². The quantitative estimate of drug-likeness (QED) is 0.452. The van der Waals surface area contributed by atoms with Gasteiger partial charge in [-0.2, -0.15) is 0 Å². The molecule has 3 heterocycles. The molecule has 150 valence electrons. The predicted molar refractivity (Wildman–Crippen MR) is 120 cm³/mol. The molecule has 0 aliphatic carbocycles. The van der Waals surface area contributed by atoms with E-state index in [1.807, 2.05) is 55.5 Å². The van der Waals surface area contributed by atoms with Crippen LogP contribution < -0.4 is 5.32 Å². The standard InChI is InChI=1S/C24H23N5O/c1-17(21-15-19-7-3-4-8-20(19)27-21)29(2)24(30)13-11-18-10-12-23(26-16-18)28-22-9-5-6-14-25-22/h3-17,27H,1-2H3,(H,25,26,28)/b13-11+. The van der Waals surface area contributed by atoms with Crippen molar-refractivity contribution in [3.8, 4) is 0 Å². The van der Waals surface area contributed by atoms with E-state index in [1.54, 1.807) is 36.5 Å². The Morgan fingerprint density at radius 1 is 1.07 bits per heavy atom. The zero-order chi connectivity index (χ0) is 20.9. The van der Waals surface area contributed by atoms with Crippen molar-refractivity contribution in [3.63, 3.8) is 0 Å². The number of fused-ring (bicyclic) bond motifs is 1. The second kappa shape index (κ2) is 8.61. The summed E-state index contributed by atoms with van der Waals surface area (Å²) < 4.78 is 0. The van der Waals surface area contributed by atoms with Gasteiger partial charge in [0, 0.05) is 36.7 Å². The van der Waals surface area contributed by atoms with Gasteiger partial charge in [-0.25, -0.2) is 9.97 Å². The summed E-state index contributed by atoms with van der Waals surface area (Å²) in [7, 11) is 1.81. The number of amides is 1. The Morgan fingerprint density at radius 2 is 1.87 bits per heavy atom. The second-order valence-corrected chi connectivity index (χ2v) is 7.09. The van der Waals surface area contributed by atoms with Gasteiger partial charge in [-0.1, -0.05) is 24.3 Å². The number of H-pyrrole nitrogens is 1. The molecule has 30 heavy (non-hydrogen) atoms. The van der Waals surface area contributed by atoms with Crippen LogP contribution in [-0.4, -0.2) is 32.8 Å². The van der Waals surface area contributed by atoms with Gasteiger partial charge in [0.25, 0.3) is 0 Å². The SMILES string of the molecule is CC(c1cc2ccccc2[nH]1)N(C)C(=O)/C=C/c1ccc(Nc2ccccn2)nc1. The van der Waals surface area contributed by atoms with Gasteiger partial charge in [0.15, 0.2) is 0 Å². The minimum atomic E-state index is -0.0724. The minimum Gasteiger partial charge on any atom is -0.357 e. The third-order valence-corrected chi connectivity index (χ3v) is 5.06. The van der Waals surface area contributed by atoms with E-state index in [0.717, 1.165) is 28.0 Å². The van der Waals surface area contributed by atoms with Crippen molar-refractivity contribution in [1.82, 2.24) is 19.9 Å². The van der Waals surface area contributed by atoms with Crippen LogP contribution in [0.5, 0.6) is 0 Å². The number of aromatic nitrogens is 3. The molecule has 1 amide bonds. The maximum atomic E-state index is 12.6. The molecule has 0 bridgehead atoms. The molecule has 1 atom stereocenters. The van der Waals surface area contributed by atoms with Gasteiger partial charge in [0.1, 0.15) is 11.6 Å². The molecule has 0 radical (unpaired) electrons. The zero-order valence-corrected chi connectivity index (χ0v) is 16.9. The van der Waals surface area contributed by atoms with Crippen LogP contribution in [0.15, 0.2) is 79.1 Å². The van der Waals surface area contributed by atoms with Crippen molar-refractivity contribution in [2.75, 3.05) is 12.4 Å². The topological polar surface area (TPSA) is 73.9 Å². The third kappa shape index (κ3) is 4.38. The lowest BCUT2D eigenvalue weighted by atomic mass is 10.2. The van der Waals surface area contributed by atoms with E-state index in [1.165, 1.54) is 0 Å². The molecule has 3 aromatic heterocycles. The summed E-state index contributed by atoms with van der Waals surface area (Å²) in [4.78, 5) is 26.3. The lowest BCUT2D eigenvalue weighted by Gasteiger charge is -2.22. The predicted octanol–water partition coefficient (Wildman–Crippen LogP) is 4.93. The van der Waals surface area contributed by atoms with E-state index < -0.39 is 0 Å². The fourth-order valence-corrected chi connectivity index (χ4v) is 3.15. The van der Waals surface area contributed by atoms with Gasteiger partial charge >= 0.3 is 0 Å². The Balaban J connectivity index is 1.39. The van der Waals surface area contributed by atoms with Crippen LogP contribution in [-0.2, 0) is 4.79 Å². The molecule has 6 nitrogen and oxygen atoms in total. The fraction of sp³-hybridized carbons (Fsp3) is 0.125. The van der Waals surface area contributed by atoms with Crippen molar-refractivity contribution < 1.29 is 4.79 Å². The molecule has 0 saturated carbocycles. The lowest BCUT2D eigenvalue weighted by molar-refractivity contribution is -0.126. The molecule has 0 fully saturated rings. The van der Waals surface area contributed by atoms with Crippen LogP contribution in [0.4, 0.5) is 11.6 Å². The molecular weight excluding hydrogens is 374 g/mol. The average Bonchev–Trinajstić information content (AvgIpc) is 3.22. The molecule has 4 rings (SSSR count). The van der Waals surface area contributed by atoms with Crippen molar-refractivity contribution >= 4 is 34.5 Å². The molecule has 0 aliphatic heterocycles. The normalized spacial score (nSPS) is 12.2. The highest BCUT2D eigenvalue weighted by Crippen LogP contribution is 2.23. The number of nitrogens with zero attached hydrogens (tertiary/aromatic N) is 3. The highest BCUT2D eigenvalue weighted by Gasteiger charge is 2.17. The monoisotopic (exact) mass is 397 g/mol. The first-order valence-corrected chi connectivity index (χ1v) is 9.77. The minimum absolute atomic E-state index is 0.0716. The molecule has 2 N–H and O–H groups in total. The van der Waals surface area contributed by atoms with E-state index in [2.05, 4.69) is 32.4 Å². The Morgan fingerprint density at radius 3 is 2.60 bits per heavy atom. The maximum absolute atomic E-state index is 12.6. The largest absolute Gasteiger partial charge is 0.357 e. The summed E-state index contributed by atoms with van der Waals surface area (Å²) in [5, 5.41) is 4.27. The number of anilines is 2. The van der Waals surface area contributed by atoms with Crippen molar-refractivity contribution in [2.45, 2.75) is 13.0 Å². The van der Waals surface area contributed by atoms with E-state index in [0.29, 0.717) is 5.82 Å². The number of pyridine rings is 2. The van der Waals surface area contributed by atoms with Crippen molar-refractivity contribution in [2.24, 2.45) is 0 Å². The Kier molecular flexibility index (Phi) is 5.57. The highest BCUT2D eigenvalue weighted by atomic mass is 16.2. The van der Waals surface area contributed by atoms with Gasteiger partial charge in [-0.3, -0.25) is 4.79 Å². The van der Waals surface area contributed by atoms with Crippen LogP contribution in [0.1, 0.15) is 24.2 Å². The first-order valence-electron chi connectivity index (χ1n) is 9.77. The van der Waals surface area contributed by atoms with Crippen molar-refractivity contribution in [1.29, 1.82) is 0 Å². The Labute approximate surface area is 175 Å². The summed E-state index contributed by atoms with van der Waals surface area (Å²) in [5.41, 5.74) is 2.93. The van der Waals surface area contributed by atoms with Crippen LogP contribution in [0, 0.1) is 0 Å². The number of rotatable bonds is 6. The zero-order valence-electron chi connectivity index (χ0n) is 16.9. The van der Waals surface area contributed by atoms with Gasteiger partial charge < -0.3 is 15.2 Å². The average molecular weight is 397 g/mol. The second-order valence-electron chi connectivity index (χ2n) is 7.09. The van der Waals surface area contributed by atoms with Gasteiger partial charge in [-0.15, -0.1) is 0 Å². The number of para-hydroxylation sites is 1.